The highest BCUT2D eigenvalue weighted by Gasteiger charge is 2.48. The third-order valence-corrected chi connectivity index (χ3v) is 7.34. The monoisotopic (exact) mass is 464 g/mol. The van der Waals surface area contributed by atoms with Gasteiger partial charge in [0.1, 0.15) is 0 Å². The second-order valence-corrected chi connectivity index (χ2v) is 9.42. The van der Waals surface area contributed by atoms with Gasteiger partial charge in [0.15, 0.2) is 0 Å². The van der Waals surface area contributed by atoms with E-state index < -0.39 is 35.3 Å². The van der Waals surface area contributed by atoms with E-state index in [1.807, 2.05) is 6.92 Å². The first kappa shape index (κ1) is 25.4. The quantitative estimate of drug-likeness (QED) is 0.382. The molecule has 3 rings (SSSR count). The van der Waals surface area contributed by atoms with Crippen LogP contribution in [-0.4, -0.2) is 12.7 Å². The van der Waals surface area contributed by atoms with E-state index in [1.165, 1.54) is 12.1 Å². The van der Waals surface area contributed by atoms with Gasteiger partial charge in [0.05, 0.1) is 17.2 Å². The summed E-state index contributed by atoms with van der Waals surface area (Å²) in [7, 11) is 0. The number of hydrogen-bond acceptors (Lipinski definition) is 1. The molecule has 182 valence electrons. The minimum Gasteiger partial charge on any atom is -0.379 e. The van der Waals surface area contributed by atoms with Crippen molar-refractivity contribution in [3.05, 3.63) is 34.4 Å². The van der Waals surface area contributed by atoms with E-state index in [0.29, 0.717) is 51.0 Å². The Labute approximate surface area is 186 Å². The average molecular weight is 465 g/mol. The number of hydrogen-bond donors (Lipinski definition) is 0. The van der Waals surface area contributed by atoms with E-state index >= 15 is 0 Å². The van der Waals surface area contributed by atoms with Crippen LogP contribution in [0.3, 0.4) is 0 Å². The van der Waals surface area contributed by atoms with Crippen molar-refractivity contribution in [1.82, 2.24) is 0 Å². The van der Waals surface area contributed by atoms with Crippen molar-refractivity contribution in [1.29, 1.82) is 0 Å². The molecule has 0 heterocycles. The molecule has 7 heteroatoms. The number of benzene rings is 1. The lowest BCUT2D eigenvalue weighted by molar-refractivity contribution is -0.163. The van der Waals surface area contributed by atoms with Crippen molar-refractivity contribution in [3.8, 4) is 0 Å². The van der Waals surface area contributed by atoms with Crippen LogP contribution in [0.25, 0.3) is 0 Å². The molecule has 2 aliphatic rings. The Hall–Kier alpha value is -1.24. The van der Waals surface area contributed by atoms with Gasteiger partial charge in [-0.05, 0) is 87.2 Å². The molecule has 0 atom stereocenters. The lowest BCUT2D eigenvalue weighted by atomic mass is 9.73. The van der Waals surface area contributed by atoms with Gasteiger partial charge in [-0.2, -0.15) is 26.3 Å². The molecule has 0 amide bonds. The fraction of sp³-hybridized carbons (Fsp3) is 0.760. The fourth-order valence-corrected chi connectivity index (χ4v) is 5.87. The van der Waals surface area contributed by atoms with E-state index in [1.54, 1.807) is 0 Å². The van der Waals surface area contributed by atoms with Crippen LogP contribution in [0.1, 0.15) is 112 Å². The summed E-state index contributed by atoms with van der Waals surface area (Å²) in [4.78, 5) is 0. The Morgan fingerprint density at radius 2 is 1.16 bits per heavy atom. The van der Waals surface area contributed by atoms with Crippen molar-refractivity contribution in [3.63, 3.8) is 0 Å². The molecule has 0 radical (unpaired) electrons. The van der Waals surface area contributed by atoms with Gasteiger partial charge in [0.25, 0.3) is 0 Å². The third-order valence-electron chi connectivity index (χ3n) is 7.34. The highest BCUT2D eigenvalue weighted by atomic mass is 19.4. The molecule has 0 aliphatic heterocycles. The molecule has 2 aliphatic carbocycles. The van der Waals surface area contributed by atoms with Crippen molar-refractivity contribution >= 4 is 0 Å². The van der Waals surface area contributed by atoms with Gasteiger partial charge >= 0.3 is 12.4 Å². The van der Waals surface area contributed by atoms with Crippen molar-refractivity contribution in [2.45, 2.75) is 108 Å². The highest BCUT2D eigenvalue weighted by molar-refractivity contribution is 5.48. The molecule has 0 aromatic heterocycles. The van der Waals surface area contributed by atoms with Crippen LogP contribution in [0.2, 0.25) is 0 Å². The molecule has 0 bridgehead atoms. The molecule has 1 aromatic rings. The van der Waals surface area contributed by atoms with Gasteiger partial charge in [0, 0.05) is 6.61 Å². The predicted molar refractivity (Wildman–Crippen MR) is 113 cm³/mol. The smallest absolute Gasteiger partial charge is 0.379 e. The van der Waals surface area contributed by atoms with Gasteiger partial charge in [-0.1, -0.05) is 31.9 Å². The number of rotatable bonds is 6. The maximum Gasteiger partial charge on any atom is 0.417 e. The van der Waals surface area contributed by atoms with Gasteiger partial charge in [-0.15, -0.1) is 0 Å². The lowest BCUT2D eigenvalue weighted by Gasteiger charge is -2.34. The first-order valence-electron chi connectivity index (χ1n) is 12.0. The predicted octanol–water partition coefficient (Wildman–Crippen LogP) is 8.86. The zero-order valence-corrected chi connectivity index (χ0v) is 18.9. The molecule has 1 nitrogen and oxygen atoms in total. The normalized spacial score (nSPS) is 27.5. The van der Waals surface area contributed by atoms with E-state index in [0.717, 1.165) is 25.7 Å². The summed E-state index contributed by atoms with van der Waals surface area (Å²) in [5.41, 5.74) is -3.24. The van der Waals surface area contributed by atoms with Crippen LogP contribution in [0.5, 0.6) is 0 Å². The van der Waals surface area contributed by atoms with E-state index in [9.17, 15) is 26.3 Å². The highest BCUT2D eigenvalue weighted by Crippen LogP contribution is 2.51. The molecule has 0 unspecified atom stereocenters. The molecule has 2 fully saturated rings. The Morgan fingerprint density at radius 1 is 0.719 bits per heavy atom. The Bertz CT molecular complexity index is 675. The van der Waals surface area contributed by atoms with E-state index in [4.69, 9.17) is 4.74 Å². The van der Waals surface area contributed by atoms with Gasteiger partial charge in [0.2, 0.25) is 0 Å². The Balaban J connectivity index is 1.99. The number of alkyl halides is 6. The molecule has 0 N–H and O–H groups in total. The van der Waals surface area contributed by atoms with Crippen molar-refractivity contribution in [2.24, 2.45) is 5.92 Å². The summed E-state index contributed by atoms with van der Waals surface area (Å²) in [6.07, 6.45) is -3.53. The van der Waals surface area contributed by atoms with Crippen LogP contribution < -0.4 is 0 Å². The largest absolute Gasteiger partial charge is 0.417 e. The van der Waals surface area contributed by atoms with Crippen molar-refractivity contribution < 1.29 is 31.1 Å². The van der Waals surface area contributed by atoms with Crippen LogP contribution in [-0.2, 0) is 17.1 Å². The summed E-state index contributed by atoms with van der Waals surface area (Å²) in [5.74, 6) is -0.533. The molecule has 0 spiro atoms. The lowest BCUT2D eigenvalue weighted by Crippen LogP contribution is -2.27. The maximum atomic E-state index is 14.2. The minimum absolute atomic E-state index is 0.0229. The fourth-order valence-electron chi connectivity index (χ4n) is 5.87. The first-order valence-corrected chi connectivity index (χ1v) is 12.0. The molecular weight excluding hydrogens is 430 g/mol. The number of halogens is 6. The molecule has 1 aromatic carbocycles. The average Bonchev–Trinajstić information content (AvgIpc) is 2.73. The number of ether oxygens (including phenoxy) is 1. The second-order valence-electron chi connectivity index (χ2n) is 9.42. The maximum absolute atomic E-state index is 14.2. The SMILES string of the molecule is CCCC1CCC(c2ccc(C3CCC(OCC)CC3)c(C(F)(F)F)c2C(F)(F)F)CC1. The van der Waals surface area contributed by atoms with Crippen LogP contribution in [0.4, 0.5) is 26.3 Å². The first-order chi connectivity index (χ1) is 15.1. The molecule has 2 saturated carbocycles. The zero-order chi connectivity index (χ0) is 23.5. The van der Waals surface area contributed by atoms with Crippen LogP contribution in [0.15, 0.2) is 12.1 Å². The summed E-state index contributed by atoms with van der Waals surface area (Å²) >= 11 is 0. The molecule has 0 saturated heterocycles. The minimum atomic E-state index is -5.05. The second kappa shape index (κ2) is 10.4. The zero-order valence-electron chi connectivity index (χ0n) is 18.9. The van der Waals surface area contributed by atoms with Crippen LogP contribution >= 0.6 is 0 Å². The van der Waals surface area contributed by atoms with Gasteiger partial charge in [-0.25, -0.2) is 0 Å². The summed E-state index contributed by atoms with van der Waals surface area (Å²) in [6.45, 7) is 4.46. The van der Waals surface area contributed by atoms with Crippen molar-refractivity contribution in [2.75, 3.05) is 6.61 Å². The summed E-state index contributed by atoms with van der Waals surface area (Å²) in [5, 5.41) is 0. The standard InChI is InChI=1S/C25H34F6O/c1-3-5-16-6-8-17(9-7-16)20-14-15-21(18-10-12-19(13-11-18)32-4-2)23(25(29,30)31)22(20)24(26,27)28/h14-19H,3-13H2,1-2H3. The Morgan fingerprint density at radius 3 is 1.53 bits per heavy atom. The Kier molecular flexibility index (Phi) is 8.21. The molecular formula is C25H34F6O. The molecule has 32 heavy (non-hydrogen) atoms. The third kappa shape index (κ3) is 5.81. The van der Waals surface area contributed by atoms with E-state index in [2.05, 4.69) is 6.92 Å². The summed E-state index contributed by atoms with van der Waals surface area (Å²) < 4.78 is 90.6. The topological polar surface area (TPSA) is 9.23 Å². The van der Waals surface area contributed by atoms with Gasteiger partial charge < -0.3 is 4.74 Å². The summed E-state index contributed by atoms with van der Waals surface area (Å²) in [6, 6.07) is 2.70. The van der Waals surface area contributed by atoms with Crippen LogP contribution in [0, 0.1) is 5.92 Å². The van der Waals surface area contributed by atoms with Gasteiger partial charge in [-0.3, -0.25) is 0 Å². The van der Waals surface area contributed by atoms with E-state index in [-0.39, 0.29) is 17.2 Å².